The van der Waals surface area contributed by atoms with Crippen LogP contribution in [0.1, 0.15) is 34.1 Å². The lowest BCUT2D eigenvalue weighted by atomic mass is 10.1. The molecule has 0 aromatic rings. The summed E-state index contributed by atoms with van der Waals surface area (Å²) in [4.78, 5) is 2.34. The average molecular weight is 207 g/mol. The summed E-state index contributed by atoms with van der Waals surface area (Å²) in [5.74, 6) is 0. The van der Waals surface area contributed by atoms with Gasteiger partial charge in [0.05, 0.1) is 0 Å². The summed E-state index contributed by atoms with van der Waals surface area (Å²) in [6.07, 6.45) is 9.96. The molecule has 1 aliphatic heterocycles. The monoisotopic (exact) mass is 207 g/mol. The summed E-state index contributed by atoms with van der Waals surface area (Å²) in [6, 6.07) is 0. The summed E-state index contributed by atoms with van der Waals surface area (Å²) >= 11 is 0. The normalized spacial score (nSPS) is 17.7. The van der Waals surface area contributed by atoms with Gasteiger partial charge in [-0.25, -0.2) is 0 Å². The number of hydrogen-bond acceptors (Lipinski definition) is 1. The van der Waals surface area contributed by atoms with E-state index >= 15 is 0 Å². The van der Waals surface area contributed by atoms with Crippen LogP contribution in [0.4, 0.5) is 0 Å². The predicted molar refractivity (Wildman–Crippen MR) is 70.1 cm³/mol. The molecule has 0 aromatic carbocycles. The first-order chi connectivity index (χ1) is 7.27. The zero-order valence-electron chi connectivity index (χ0n) is 10.9. The molecule has 0 amide bonds. The maximum atomic E-state index is 2.34. The van der Waals surface area contributed by atoms with Crippen LogP contribution in [0.25, 0.3) is 0 Å². The Bertz CT molecular complexity index is 246. The Kier molecular flexibility index (Phi) is 8.02. The molecule has 15 heavy (non-hydrogen) atoms. The molecule has 86 valence electrons. The molecule has 1 rings (SSSR count). The van der Waals surface area contributed by atoms with Crippen molar-refractivity contribution in [3.05, 3.63) is 35.5 Å². The molecule has 0 aliphatic carbocycles. The van der Waals surface area contributed by atoms with E-state index in [-0.39, 0.29) is 0 Å². The van der Waals surface area contributed by atoms with E-state index in [4.69, 9.17) is 0 Å². The van der Waals surface area contributed by atoms with Crippen molar-refractivity contribution in [2.24, 2.45) is 0 Å². The molecule has 0 fully saturated rings. The molecule has 0 bridgehead atoms. The van der Waals surface area contributed by atoms with Crippen molar-refractivity contribution in [2.45, 2.75) is 34.1 Å². The van der Waals surface area contributed by atoms with Crippen LogP contribution in [0.2, 0.25) is 0 Å². The largest absolute Gasteiger partial charge is 0.298 e. The fourth-order valence-electron chi connectivity index (χ4n) is 1.62. The number of likely N-dealkylation sites (N-methyl/N-ethyl adjacent to an activating group) is 1. The van der Waals surface area contributed by atoms with E-state index < -0.39 is 0 Å². The SMILES string of the molecule is C/C=C\C1=C(/C=C\CC)CN(C)C1.CC. The van der Waals surface area contributed by atoms with Crippen LogP contribution in [-0.2, 0) is 0 Å². The first-order valence-corrected chi connectivity index (χ1v) is 5.97. The highest BCUT2D eigenvalue weighted by atomic mass is 15.1. The standard InChI is InChI=1S/C12H19N.C2H6/c1-4-6-8-12-10-13(3)9-11(12)7-5-2;1-2/h5-8H,4,9-10H2,1-3H3;1-2H3/b7-5-,8-6-;. The highest BCUT2D eigenvalue weighted by Gasteiger charge is 2.13. The Balaban J connectivity index is 0.000000921. The van der Waals surface area contributed by atoms with Gasteiger partial charge >= 0.3 is 0 Å². The van der Waals surface area contributed by atoms with E-state index in [0.29, 0.717) is 0 Å². The zero-order chi connectivity index (χ0) is 11.7. The third kappa shape index (κ3) is 4.98. The van der Waals surface area contributed by atoms with Crippen molar-refractivity contribution in [1.82, 2.24) is 4.90 Å². The Hall–Kier alpha value is -0.820. The number of nitrogens with zero attached hydrogens (tertiary/aromatic N) is 1. The summed E-state index contributed by atoms with van der Waals surface area (Å²) in [6.45, 7) is 10.4. The highest BCUT2D eigenvalue weighted by molar-refractivity contribution is 5.38. The topological polar surface area (TPSA) is 3.24 Å². The van der Waals surface area contributed by atoms with Crippen LogP contribution >= 0.6 is 0 Å². The van der Waals surface area contributed by atoms with Crippen molar-refractivity contribution >= 4 is 0 Å². The first kappa shape index (κ1) is 14.2. The van der Waals surface area contributed by atoms with E-state index in [2.05, 4.69) is 50.1 Å². The van der Waals surface area contributed by atoms with Gasteiger partial charge < -0.3 is 0 Å². The van der Waals surface area contributed by atoms with Gasteiger partial charge in [-0.2, -0.15) is 0 Å². The fourth-order valence-corrected chi connectivity index (χ4v) is 1.62. The second-order valence-electron chi connectivity index (χ2n) is 3.53. The maximum absolute atomic E-state index is 2.34. The number of hydrogen-bond donors (Lipinski definition) is 0. The van der Waals surface area contributed by atoms with Crippen molar-refractivity contribution < 1.29 is 0 Å². The molecule has 0 N–H and O–H groups in total. The van der Waals surface area contributed by atoms with Crippen LogP contribution in [-0.4, -0.2) is 25.0 Å². The first-order valence-electron chi connectivity index (χ1n) is 5.97. The van der Waals surface area contributed by atoms with Crippen molar-refractivity contribution in [3.63, 3.8) is 0 Å². The van der Waals surface area contributed by atoms with Crippen molar-refractivity contribution in [3.8, 4) is 0 Å². The Morgan fingerprint density at radius 3 is 2.13 bits per heavy atom. The number of allylic oxidation sites excluding steroid dienone is 2. The molecule has 0 radical (unpaired) electrons. The molecule has 0 saturated heterocycles. The molecule has 1 nitrogen and oxygen atoms in total. The van der Waals surface area contributed by atoms with Crippen molar-refractivity contribution in [2.75, 3.05) is 20.1 Å². The number of rotatable bonds is 3. The summed E-state index contributed by atoms with van der Waals surface area (Å²) in [7, 11) is 2.16. The lowest BCUT2D eigenvalue weighted by Crippen LogP contribution is -2.14. The molecular formula is C14H25N. The Morgan fingerprint density at radius 1 is 1.13 bits per heavy atom. The van der Waals surface area contributed by atoms with E-state index in [1.165, 1.54) is 11.1 Å². The minimum absolute atomic E-state index is 1.09. The Labute approximate surface area is 95.2 Å². The van der Waals surface area contributed by atoms with Gasteiger partial charge in [-0.3, -0.25) is 4.90 Å². The molecule has 0 saturated carbocycles. The molecule has 0 spiro atoms. The second-order valence-corrected chi connectivity index (χ2v) is 3.53. The lowest BCUT2D eigenvalue weighted by molar-refractivity contribution is 0.428. The molecule has 0 aromatic heterocycles. The van der Waals surface area contributed by atoms with Crippen LogP contribution in [0.15, 0.2) is 35.5 Å². The second kappa shape index (κ2) is 8.49. The van der Waals surface area contributed by atoms with Crippen LogP contribution in [0.3, 0.4) is 0 Å². The van der Waals surface area contributed by atoms with Crippen molar-refractivity contribution in [1.29, 1.82) is 0 Å². The van der Waals surface area contributed by atoms with Gasteiger partial charge in [0.15, 0.2) is 0 Å². The third-order valence-electron chi connectivity index (χ3n) is 2.22. The van der Waals surface area contributed by atoms with Gasteiger partial charge in [0.2, 0.25) is 0 Å². The van der Waals surface area contributed by atoms with Gasteiger partial charge in [0.25, 0.3) is 0 Å². The van der Waals surface area contributed by atoms with Crippen LogP contribution in [0, 0.1) is 0 Å². The van der Waals surface area contributed by atoms with Crippen LogP contribution < -0.4 is 0 Å². The highest BCUT2D eigenvalue weighted by Crippen LogP contribution is 2.18. The maximum Gasteiger partial charge on any atom is 0.0237 e. The molecular weight excluding hydrogens is 182 g/mol. The Morgan fingerprint density at radius 2 is 1.67 bits per heavy atom. The zero-order valence-corrected chi connectivity index (χ0v) is 10.9. The summed E-state index contributed by atoms with van der Waals surface area (Å²) in [5.41, 5.74) is 2.94. The van der Waals surface area contributed by atoms with Gasteiger partial charge in [-0.15, -0.1) is 0 Å². The van der Waals surface area contributed by atoms with Gasteiger partial charge in [0.1, 0.15) is 0 Å². The summed E-state index contributed by atoms with van der Waals surface area (Å²) < 4.78 is 0. The molecule has 0 unspecified atom stereocenters. The minimum Gasteiger partial charge on any atom is -0.298 e. The third-order valence-corrected chi connectivity index (χ3v) is 2.22. The lowest BCUT2D eigenvalue weighted by Gasteiger charge is -2.04. The van der Waals surface area contributed by atoms with E-state index in [1.807, 2.05) is 13.8 Å². The molecule has 1 heterocycles. The predicted octanol–water partition coefficient (Wildman–Crippen LogP) is 3.80. The molecule has 0 atom stereocenters. The minimum atomic E-state index is 1.09. The summed E-state index contributed by atoms with van der Waals surface area (Å²) in [5, 5.41) is 0. The van der Waals surface area contributed by atoms with Gasteiger partial charge in [-0.05, 0) is 31.5 Å². The average Bonchev–Trinajstić information content (AvgIpc) is 2.60. The quantitative estimate of drug-likeness (QED) is 0.680. The van der Waals surface area contributed by atoms with Gasteiger partial charge in [0, 0.05) is 13.1 Å². The van der Waals surface area contributed by atoms with E-state index in [0.717, 1.165) is 19.5 Å². The fraction of sp³-hybridized carbons (Fsp3) is 0.571. The van der Waals surface area contributed by atoms with E-state index in [9.17, 15) is 0 Å². The van der Waals surface area contributed by atoms with Crippen LogP contribution in [0.5, 0.6) is 0 Å². The molecule has 1 heteroatoms. The van der Waals surface area contributed by atoms with Gasteiger partial charge in [-0.1, -0.05) is 45.1 Å². The smallest absolute Gasteiger partial charge is 0.0237 e. The molecule has 1 aliphatic rings. The van der Waals surface area contributed by atoms with E-state index in [1.54, 1.807) is 0 Å².